The summed E-state index contributed by atoms with van der Waals surface area (Å²) in [7, 11) is 0. The molecule has 1 N–H and O–H groups in total. The van der Waals surface area contributed by atoms with Crippen LogP contribution in [0.1, 0.15) is 44.7 Å². The molecule has 1 aromatic carbocycles. The Bertz CT molecular complexity index is 710. The fourth-order valence-corrected chi connectivity index (χ4v) is 3.74. The van der Waals surface area contributed by atoms with Gasteiger partial charge in [-0.2, -0.15) is 0 Å². The second-order valence-electron chi connectivity index (χ2n) is 8.76. The van der Waals surface area contributed by atoms with Crippen molar-refractivity contribution in [3.8, 4) is 0 Å². The summed E-state index contributed by atoms with van der Waals surface area (Å²) >= 11 is 0. The van der Waals surface area contributed by atoms with Gasteiger partial charge in [0, 0.05) is 32.7 Å². The van der Waals surface area contributed by atoms with Crippen LogP contribution in [-0.2, 0) is 27.4 Å². The molecule has 7 nitrogen and oxygen atoms in total. The number of likely N-dealkylation sites (tertiary alicyclic amines) is 1. The van der Waals surface area contributed by atoms with Crippen LogP contribution in [0.3, 0.4) is 0 Å². The summed E-state index contributed by atoms with van der Waals surface area (Å²) in [6, 6.07) is 7.84. The Morgan fingerprint density at radius 1 is 1.17 bits per heavy atom. The quantitative estimate of drug-likeness (QED) is 0.818. The van der Waals surface area contributed by atoms with E-state index in [4.69, 9.17) is 9.47 Å². The molecule has 0 aromatic heterocycles. The standard InChI is InChI=1S/C22H33N3O4/c1-22(2,3)29-21(27)25-9-5-8-19(25)20(26)23-15-17-6-4-7-18(14-17)16-24-10-12-28-13-11-24/h4,6-7,14,19H,5,8-13,15-16H2,1-3H3,(H,23,26)/t19-/m0/s1. The van der Waals surface area contributed by atoms with Gasteiger partial charge < -0.3 is 14.8 Å². The van der Waals surface area contributed by atoms with Gasteiger partial charge in [-0.05, 0) is 44.7 Å². The van der Waals surface area contributed by atoms with E-state index in [0.29, 0.717) is 19.5 Å². The SMILES string of the molecule is CC(C)(C)OC(=O)N1CCC[C@H]1C(=O)NCc1cccc(CN2CCOCC2)c1. The van der Waals surface area contributed by atoms with Crippen LogP contribution in [-0.4, -0.2) is 66.3 Å². The average Bonchev–Trinajstić information content (AvgIpc) is 3.16. The predicted molar refractivity (Wildman–Crippen MR) is 110 cm³/mol. The van der Waals surface area contributed by atoms with Crippen molar-refractivity contribution in [3.63, 3.8) is 0 Å². The molecule has 0 spiro atoms. The van der Waals surface area contributed by atoms with Crippen LogP contribution in [0.2, 0.25) is 0 Å². The van der Waals surface area contributed by atoms with Crippen LogP contribution < -0.4 is 5.32 Å². The minimum Gasteiger partial charge on any atom is -0.444 e. The Labute approximate surface area is 173 Å². The zero-order valence-electron chi connectivity index (χ0n) is 17.8. The molecule has 1 aromatic rings. The van der Waals surface area contributed by atoms with Crippen molar-refractivity contribution < 1.29 is 19.1 Å². The lowest BCUT2D eigenvalue weighted by atomic mass is 10.1. The second kappa shape index (κ2) is 9.59. The molecule has 2 heterocycles. The van der Waals surface area contributed by atoms with Crippen molar-refractivity contribution in [1.82, 2.24) is 15.1 Å². The highest BCUT2D eigenvalue weighted by Gasteiger charge is 2.36. The van der Waals surface area contributed by atoms with Crippen LogP contribution >= 0.6 is 0 Å². The van der Waals surface area contributed by atoms with Crippen LogP contribution in [0, 0.1) is 0 Å². The van der Waals surface area contributed by atoms with Gasteiger partial charge in [0.1, 0.15) is 11.6 Å². The summed E-state index contributed by atoms with van der Waals surface area (Å²) in [6.45, 7) is 10.9. The Morgan fingerprint density at radius 2 is 1.90 bits per heavy atom. The van der Waals surface area contributed by atoms with Gasteiger partial charge in [0.25, 0.3) is 0 Å². The molecule has 160 valence electrons. The Balaban J connectivity index is 1.53. The highest BCUT2D eigenvalue weighted by molar-refractivity contribution is 5.86. The number of carbonyl (C=O) groups excluding carboxylic acids is 2. The summed E-state index contributed by atoms with van der Waals surface area (Å²) in [5.74, 6) is -0.119. The Kier molecular flexibility index (Phi) is 7.14. The minimum absolute atomic E-state index is 0.119. The number of nitrogens with zero attached hydrogens (tertiary/aromatic N) is 2. The lowest BCUT2D eigenvalue weighted by Crippen LogP contribution is -2.47. The fourth-order valence-electron chi connectivity index (χ4n) is 3.74. The van der Waals surface area contributed by atoms with Crippen molar-refractivity contribution in [1.29, 1.82) is 0 Å². The molecule has 0 bridgehead atoms. The third kappa shape index (κ3) is 6.44. The molecule has 29 heavy (non-hydrogen) atoms. The molecule has 2 fully saturated rings. The zero-order valence-corrected chi connectivity index (χ0v) is 17.8. The maximum atomic E-state index is 12.7. The molecule has 7 heteroatoms. The molecule has 0 aliphatic carbocycles. The fraction of sp³-hybridized carbons (Fsp3) is 0.636. The van der Waals surface area contributed by atoms with Crippen LogP contribution in [0.4, 0.5) is 4.79 Å². The number of carbonyl (C=O) groups is 2. The lowest BCUT2D eigenvalue weighted by molar-refractivity contribution is -0.125. The van der Waals surface area contributed by atoms with E-state index in [1.165, 1.54) is 5.56 Å². The molecule has 2 amide bonds. The van der Waals surface area contributed by atoms with E-state index in [9.17, 15) is 9.59 Å². The van der Waals surface area contributed by atoms with E-state index < -0.39 is 17.7 Å². The van der Waals surface area contributed by atoms with Gasteiger partial charge in [-0.3, -0.25) is 14.6 Å². The number of hydrogen-bond donors (Lipinski definition) is 1. The lowest BCUT2D eigenvalue weighted by Gasteiger charge is -2.28. The van der Waals surface area contributed by atoms with E-state index in [-0.39, 0.29) is 5.91 Å². The van der Waals surface area contributed by atoms with Crippen molar-refractivity contribution >= 4 is 12.0 Å². The summed E-state index contributed by atoms with van der Waals surface area (Å²) < 4.78 is 10.8. The monoisotopic (exact) mass is 403 g/mol. The Hall–Kier alpha value is -2.12. The maximum absolute atomic E-state index is 12.7. The van der Waals surface area contributed by atoms with E-state index in [0.717, 1.165) is 44.8 Å². The van der Waals surface area contributed by atoms with Crippen molar-refractivity contribution in [3.05, 3.63) is 35.4 Å². The first-order chi connectivity index (χ1) is 13.8. The number of amides is 2. The topological polar surface area (TPSA) is 71.1 Å². The van der Waals surface area contributed by atoms with E-state index >= 15 is 0 Å². The maximum Gasteiger partial charge on any atom is 0.410 e. The average molecular weight is 404 g/mol. The minimum atomic E-state index is -0.568. The molecular weight excluding hydrogens is 370 g/mol. The van der Waals surface area contributed by atoms with Gasteiger partial charge in [0.05, 0.1) is 13.2 Å². The van der Waals surface area contributed by atoms with Crippen LogP contribution in [0.15, 0.2) is 24.3 Å². The molecule has 2 aliphatic heterocycles. The number of rotatable bonds is 5. The van der Waals surface area contributed by atoms with Crippen LogP contribution in [0.5, 0.6) is 0 Å². The number of nitrogens with one attached hydrogen (secondary N) is 1. The molecular formula is C22H33N3O4. The van der Waals surface area contributed by atoms with Gasteiger partial charge in [-0.25, -0.2) is 4.79 Å². The molecule has 2 aliphatic rings. The molecule has 2 saturated heterocycles. The molecule has 0 unspecified atom stereocenters. The first kappa shape index (κ1) is 21.6. The third-order valence-corrected chi connectivity index (χ3v) is 5.15. The number of morpholine rings is 1. The number of benzene rings is 1. The zero-order chi connectivity index (χ0) is 20.9. The summed E-state index contributed by atoms with van der Waals surface area (Å²) in [5, 5.41) is 3.00. The van der Waals surface area contributed by atoms with E-state index in [1.54, 1.807) is 4.90 Å². The van der Waals surface area contributed by atoms with Crippen molar-refractivity contribution in [2.45, 2.75) is 58.3 Å². The second-order valence-corrected chi connectivity index (χ2v) is 8.76. The first-order valence-electron chi connectivity index (χ1n) is 10.5. The highest BCUT2D eigenvalue weighted by Crippen LogP contribution is 2.21. The molecule has 3 rings (SSSR count). The predicted octanol–water partition coefficient (Wildman–Crippen LogP) is 2.53. The van der Waals surface area contributed by atoms with E-state index in [2.05, 4.69) is 22.3 Å². The van der Waals surface area contributed by atoms with E-state index in [1.807, 2.05) is 32.9 Å². The van der Waals surface area contributed by atoms with Crippen molar-refractivity contribution in [2.24, 2.45) is 0 Å². The molecule has 1 atom stereocenters. The van der Waals surface area contributed by atoms with Gasteiger partial charge in [0.2, 0.25) is 5.91 Å². The van der Waals surface area contributed by atoms with Gasteiger partial charge >= 0.3 is 6.09 Å². The number of hydrogen-bond acceptors (Lipinski definition) is 5. The third-order valence-electron chi connectivity index (χ3n) is 5.15. The Morgan fingerprint density at radius 3 is 2.62 bits per heavy atom. The molecule has 0 saturated carbocycles. The normalized spacial score (nSPS) is 20.5. The van der Waals surface area contributed by atoms with Gasteiger partial charge in [0.15, 0.2) is 0 Å². The van der Waals surface area contributed by atoms with Gasteiger partial charge in [-0.1, -0.05) is 24.3 Å². The summed E-state index contributed by atoms with van der Waals surface area (Å²) in [4.78, 5) is 29.0. The largest absolute Gasteiger partial charge is 0.444 e. The van der Waals surface area contributed by atoms with Crippen molar-refractivity contribution in [2.75, 3.05) is 32.8 Å². The number of ether oxygens (including phenoxy) is 2. The first-order valence-corrected chi connectivity index (χ1v) is 10.5. The molecule has 0 radical (unpaired) electrons. The van der Waals surface area contributed by atoms with Crippen LogP contribution in [0.25, 0.3) is 0 Å². The van der Waals surface area contributed by atoms with Gasteiger partial charge in [-0.15, -0.1) is 0 Å². The summed E-state index contributed by atoms with van der Waals surface area (Å²) in [6.07, 6.45) is 1.07. The highest BCUT2D eigenvalue weighted by atomic mass is 16.6. The smallest absolute Gasteiger partial charge is 0.410 e. The summed E-state index contributed by atoms with van der Waals surface area (Å²) in [5.41, 5.74) is 1.72.